The first-order chi connectivity index (χ1) is 15.2. The zero-order valence-corrected chi connectivity index (χ0v) is 17.8. The van der Waals surface area contributed by atoms with Crippen LogP contribution in [0.15, 0.2) is 84.9 Å². The van der Waals surface area contributed by atoms with Crippen LogP contribution in [0.25, 0.3) is 11.1 Å². The Morgan fingerprint density at radius 1 is 0.581 bits per heavy atom. The molecule has 1 radical (unpaired) electrons. The summed E-state index contributed by atoms with van der Waals surface area (Å²) in [7, 11) is 3.44. The van der Waals surface area contributed by atoms with Gasteiger partial charge in [-0.15, -0.1) is 0 Å². The molecule has 0 saturated carbocycles. The van der Waals surface area contributed by atoms with Gasteiger partial charge in [0.25, 0.3) is 0 Å². The molecular weight excluding hydrogens is 382 g/mol. The fraction of sp³-hybridized carbons (Fsp3) is 0.143. The third kappa shape index (κ3) is 3.75. The van der Waals surface area contributed by atoms with E-state index in [-0.39, 0.29) is 0 Å². The molecule has 0 atom stereocenters. The van der Waals surface area contributed by atoms with Gasteiger partial charge in [-0.3, -0.25) is 0 Å². The van der Waals surface area contributed by atoms with Crippen molar-refractivity contribution in [1.29, 1.82) is 0 Å². The molecule has 5 rings (SSSR count). The molecule has 1 heterocycles. The highest BCUT2D eigenvalue weighted by Gasteiger charge is 2.21. The number of methoxy groups -OCH3 is 2. The molecule has 0 fully saturated rings. The van der Waals surface area contributed by atoms with Gasteiger partial charge < -0.3 is 9.47 Å². The summed E-state index contributed by atoms with van der Waals surface area (Å²) in [6.07, 6.45) is 1.65. The normalized spacial score (nSPS) is 11.4. The van der Waals surface area contributed by atoms with Crippen molar-refractivity contribution in [3.05, 3.63) is 107 Å². The Hall–Kier alpha value is -3.72. The topological polar surface area (TPSA) is 32.6 Å². The maximum Gasteiger partial charge on any atom is 0.122 e. The van der Waals surface area contributed by atoms with Crippen molar-refractivity contribution >= 4 is 11.4 Å². The Bertz CT molecular complexity index is 1150. The number of benzene rings is 4. The molecule has 31 heavy (non-hydrogen) atoms. The van der Waals surface area contributed by atoms with Gasteiger partial charge in [0.1, 0.15) is 11.5 Å². The van der Waals surface area contributed by atoms with Gasteiger partial charge in [0, 0.05) is 24.0 Å². The summed E-state index contributed by atoms with van der Waals surface area (Å²) in [5, 5.41) is 4.83. The number of fused-ring (bicyclic) bond motifs is 3. The van der Waals surface area contributed by atoms with E-state index in [1.807, 2.05) is 24.3 Å². The Labute approximate surface area is 183 Å². The molecule has 1 aliphatic heterocycles. The highest BCUT2D eigenvalue weighted by molar-refractivity contribution is 5.91. The maximum atomic E-state index is 5.53. The van der Waals surface area contributed by atoms with Gasteiger partial charge in [-0.05, 0) is 58.7 Å². The summed E-state index contributed by atoms with van der Waals surface area (Å²) >= 11 is 0. The van der Waals surface area contributed by atoms with Gasteiger partial charge in [0.05, 0.1) is 25.6 Å². The van der Waals surface area contributed by atoms with Gasteiger partial charge in [-0.2, -0.15) is 0 Å². The molecule has 3 nitrogen and oxygen atoms in total. The van der Waals surface area contributed by atoms with Crippen LogP contribution in [0.2, 0.25) is 0 Å². The number of rotatable bonds is 6. The van der Waals surface area contributed by atoms with Crippen LogP contribution in [0.4, 0.5) is 11.4 Å². The SMILES string of the molecule is COc1ccccc1Cc1ccc2c(c1)-c1cc(Cc3ccccc3OC)ccc1[N]2. The lowest BCUT2D eigenvalue weighted by atomic mass is 9.96. The van der Waals surface area contributed by atoms with Crippen molar-refractivity contribution in [2.24, 2.45) is 0 Å². The van der Waals surface area contributed by atoms with Crippen molar-refractivity contribution in [2.75, 3.05) is 14.2 Å². The molecule has 0 aliphatic carbocycles. The average Bonchev–Trinajstić information content (AvgIpc) is 3.17. The van der Waals surface area contributed by atoms with Crippen molar-refractivity contribution in [2.45, 2.75) is 12.8 Å². The minimum atomic E-state index is 0.827. The predicted molar refractivity (Wildman–Crippen MR) is 125 cm³/mol. The molecule has 153 valence electrons. The van der Waals surface area contributed by atoms with E-state index in [1.54, 1.807) is 14.2 Å². The molecule has 1 aliphatic rings. The minimum Gasteiger partial charge on any atom is -0.496 e. The zero-order valence-electron chi connectivity index (χ0n) is 17.8. The molecule has 4 aromatic carbocycles. The van der Waals surface area contributed by atoms with E-state index in [0.717, 1.165) is 35.7 Å². The number of hydrogen-bond donors (Lipinski definition) is 0. The number of hydrogen-bond acceptors (Lipinski definition) is 2. The summed E-state index contributed by atoms with van der Waals surface area (Å²) in [5.74, 6) is 1.85. The lowest BCUT2D eigenvalue weighted by Gasteiger charge is -2.10. The second kappa shape index (κ2) is 8.19. The Balaban J connectivity index is 1.46. The van der Waals surface area contributed by atoms with Gasteiger partial charge >= 0.3 is 0 Å². The largest absolute Gasteiger partial charge is 0.496 e. The lowest BCUT2D eigenvalue weighted by Crippen LogP contribution is -1.94. The predicted octanol–water partition coefficient (Wildman–Crippen LogP) is 6.43. The third-order valence-corrected chi connectivity index (χ3v) is 5.83. The Kier molecular flexibility index (Phi) is 5.09. The van der Waals surface area contributed by atoms with Crippen molar-refractivity contribution in [3.8, 4) is 22.6 Å². The second-order valence-corrected chi connectivity index (χ2v) is 7.79. The Morgan fingerprint density at radius 2 is 1.03 bits per heavy atom. The van der Waals surface area contributed by atoms with E-state index in [9.17, 15) is 0 Å². The van der Waals surface area contributed by atoms with Gasteiger partial charge in [-0.25, -0.2) is 5.32 Å². The first-order valence-electron chi connectivity index (χ1n) is 10.5. The molecule has 0 bridgehead atoms. The van der Waals surface area contributed by atoms with Crippen LogP contribution >= 0.6 is 0 Å². The monoisotopic (exact) mass is 406 g/mol. The van der Waals surface area contributed by atoms with Crippen LogP contribution in [0.3, 0.4) is 0 Å². The molecular formula is C28H24NO2. The van der Waals surface area contributed by atoms with E-state index in [1.165, 1.54) is 33.4 Å². The van der Waals surface area contributed by atoms with Crippen LogP contribution in [0, 0.1) is 0 Å². The molecule has 0 spiro atoms. The molecule has 0 amide bonds. The lowest BCUT2D eigenvalue weighted by molar-refractivity contribution is 0.410. The maximum absolute atomic E-state index is 5.53. The minimum absolute atomic E-state index is 0.827. The van der Waals surface area contributed by atoms with Gasteiger partial charge in [0.2, 0.25) is 0 Å². The quantitative estimate of drug-likeness (QED) is 0.325. The molecule has 0 unspecified atom stereocenters. The smallest absolute Gasteiger partial charge is 0.122 e. The van der Waals surface area contributed by atoms with Gasteiger partial charge in [0.15, 0.2) is 0 Å². The highest BCUT2D eigenvalue weighted by Crippen LogP contribution is 2.44. The van der Waals surface area contributed by atoms with Crippen molar-refractivity contribution < 1.29 is 9.47 Å². The van der Waals surface area contributed by atoms with Crippen molar-refractivity contribution in [3.63, 3.8) is 0 Å². The second-order valence-electron chi connectivity index (χ2n) is 7.79. The van der Waals surface area contributed by atoms with E-state index >= 15 is 0 Å². The fourth-order valence-corrected chi connectivity index (χ4v) is 4.28. The van der Waals surface area contributed by atoms with Crippen LogP contribution in [-0.2, 0) is 12.8 Å². The van der Waals surface area contributed by atoms with Crippen LogP contribution in [-0.4, -0.2) is 14.2 Å². The molecule has 0 saturated heterocycles. The summed E-state index contributed by atoms with van der Waals surface area (Å²) in [5.41, 5.74) is 9.34. The number of para-hydroxylation sites is 2. The third-order valence-electron chi connectivity index (χ3n) is 5.83. The molecule has 4 aromatic rings. The summed E-state index contributed by atoms with van der Waals surface area (Å²) in [6, 6.07) is 29.5. The van der Waals surface area contributed by atoms with E-state index in [2.05, 4.69) is 60.7 Å². The van der Waals surface area contributed by atoms with Crippen LogP contribution in [0.1, 0.15) is 22.3 Å². The van der Waals surface area contributed by atoms with E-state index in [0.29, 0.717) is 0 Å². The zero-order chi connectivity index (χ0) is 21.2. The standard InChI is InChI=1S/C28H24NO2/c1-30-27-9-5-3-7-21(27)15-19-11-13-25-23(17-19)24-18-20(12-14-26(24)29-25)16-22-8-4-6-10-28(22)31-2/h3-14,17-18H,15-16H2,1-2H3. The summed E-state index contributed by atoms with van der Waals surface area (Å²) in [6.45, 7) is 0. The van der Waals surface area contributed by atoms with E-state index in [4.69, 9.17) is 14.8 Å². The van der Waals surface area contributed by atoms with Crippen molar-refractivity contribution in [1.82, 2.24) is 5.32 Å². The van der Waals surface area contributed by atoms with Gasteiger partial charge in [-0.1, -0.05) is 48.5 Å². The molecule has 3 heteroatoms. The average molecular weight is 407 g/mol. The summed E-state index contributed by atoms with van der Waals surface area (Å²) in [4.78, 5) is 0. The molecule has 0 N–H and O–H groups in total. The first-order valence-corrected chi connectivity index (χ1v) is 10.5. The number of nitrogens with zero attached hydrogens (tertiary/aromatic N) is 1. The first kappa shape index (κ1) is 19.3. The van der Waals surface area contributed by atoms with Crippen LogP contribution < -0.4 is 14.8 Å². The fourth-order valence-electron chi connectivity index (χ4n) is 4.28. The van der Waals surface area contributed by atoms with E-state index < -0.39 is 0 Å². The highest BCUT2D eigenvalue weighted by atomic mass is 16.5. The Morgan fingerprint density at radius 3 is 1.48 bits per heavy atom. The van der Waals surface area contributed by atoms with Crippen LogP contribution in [0.5, 0.6) is 11.5 Å². The summed E-state index contributed by atoms with van der Waals surface area (Å²) < 4.78 is 11.1. The molecule has 0 aromatic heterocycles. The number of ether oxygens (including phenoxy) is 2.